The Morgan fingerprint density at radius 3 is 2.81 bits per heavy atom. The smallest absolute Gasteiger partial charge is 0.142 e. The Kier molecular flexibility index (Phi) is 5.79. The maximum Gasteiger partial charge on any atom is 0.142 e. The van der Waals surface area contributed by atoms with Crippen LogP contribution in [-0.4, -0.2) is 12.1 Å². The molecule has 0 radical (unpaired) electrons. The van der Waals surface area contributed by atoms with Crippen molar-refractivity contribution >= 4 is 45.8 Å². The van der Waals surface area contributed by atoms with Crippen molar-refractivity contribution in [2.75, 3.05) is 12.4 Å². The predicted octanol–water partition coefficient (Wildman–Crippen LogP) is 6.10. The van der Waals surface area contributed by atoms with Crippen LogP contribution in [0.2, 0.25) is 10.0 Å². The molecular weight excluding hydrogens is 389 g/mol. The summed E-state index contributed by atoms with van der Waals surface area (Å²) < 4.78 is 5.29. The van der Waals surface area contributed by atoms with Crippen LogP contribution < -0.4 is 10.1 Å². The van der Waals surface area contributed by atoms with E-state index in [1.165, 1.54) is 11.3 Å². The Morgan fingerprint density at radius 1 is 1.27 bits per heavy atom. The minimum Gasteiger partial charge on any atom is -0.495 e. The quantitative estimate of drug-likeness (QED) is 0.524. The molecule has 3 aromatic rings. The number of allylic oxidation sites excluding steroid dienone is 1. The number of thiazole rings is 1. The van der Waals surface area contributed by atoms with Gasteiger partial charge in [-0.1, -0.05) is 35.3 Å². The molecule has 1 aromatic heterocycles. The lowest BCUT2D eigenvalue weighted by Gasteiger charge is -2.07. The molecule has 7 heteroatoms. The van der Waals surface area contributed by atoms with E-state index in [2.05, 4.69) is 16.4 Å². The number of hydrogen-bond acceptors (Lipinski definition) is 5. The number of aromatic nitrogens is 1. The zero-order chi connectivity index (χ0) is 18.5. The first-order chi connectivity index (χ1) is 12.6. The first-order valence-electron chi connectivity index (χ1n) is 7.53. The summed E-state index contributed by atoms with van der Waals surface area (Å²) in [5.74, 6) is 0.689. The SMILES string of the molecule is COc1ccccc1N/C=C(\C#N)c1nc(-c2ccc(Cl)cc2Cl)cs1. The Hall–Kier alpha value is -2.52. The molecule has 4 nitrogen and oxygen atoms in total. The number of methoxy groups -OCH3 is 1. The number of para-hydroxylation sites is 2. The van der Waals surface area contributed by atoms with E-state index in [1.54, 1.807) is 25.4 Å². The minimum atomic E-state index is 0.414. The highest BCUT2D eigenvalue weighted by Crippen LogP contribution is 2.32. The summed E-state index contributed by atoms with van der Waals surface area (Å²) in [7, 11) is 1.60. The molecule has 0 unspecified atom stereocenters. The molecule has 0 aliphatic heterocycles. The first-order valence-corrected chi connectivity index (χ1v) is 9.17. The van der Waals surface area contributed by atoms with Crippen molar-refractivity contribution in [3.63, 3.8) is 0 Å². The van der Waals surface area contributed by atoms with E-state index < -0.39 is 0 Å². The monoisotopic (exact) mass is 401 g/mol. The number of rotatable bonds is 5. The molecule has 0 aliphatic carbocycles. The third-order valence-electron chi connectivity index (χ3n) is 3.54. The lowest BCUT2D eigenvalue weighted by Crippen LogP contribution is -1.94. The molecule has 26 heavy (non-hydrogen) atoms. The number of nitriles is 1. The van der Waals surface area contributed by atoms with Crippen molar-refractivity contribution < 1.29 is 4.74 Å². The van der Waals surface area contributed by atoms with Crippen LogP contribution in [0, 0.1) is 11.3 Å². The van der Waals surface area contributed by atoms with Gasteiger partial charge in [-0.2, -0.15) is 5.26 Å². The van der Waals surface area contributed by atoms with E-state index in [1.807, 2.05) is 35.7 Å². The molecular formula is C19H13Cl2N3OS. The van der Waals surface area contributed by atoms with E-state index in [4.69, 9.17) is 27.9 Å². The van der Waals surface area contributed by atoms with Crippen LogP contribution in [-0.2, 0) is 0 Å². The van der Waals surface area contributed by atoms with Crippen LogP contribution in [0.15, 0.2) is 54.0 Å². The van der Waals surface area contributed by atoms with Crippen LogP contribution in [0.5, 0.6) is 5.75 Å². The standard InChI is InChI=1S/C19H13Cl2N3OS/c1-25-18-5-3-2-4-16(18)23-10-12(9-22)19-24-17(11-26-19)14-7-6-13(20)8-15(14)21/h2-8,10-11,23H,1H3/b12-10+. The molecule has 0 atom stereocenters. The predicted molar refractivity (Wildman–Crippen MR) is 108 cm³/mol. The van der Waals surface area contributed by atoms with Gasteiger partial charge < -0.3 is 10.1 Å². The first kappa shape index (κ1) is 18.3. The maximum atomic E-state index is 9.49. The lowest BCUT2D eigenvalue weighted by molar-refractivity contribution is 0.417. The molecule has 0 bridgehead atoms. The number of nitrogens with one attached hydrogen (secondary N) is 1. The van der Waals surface area contributed by atoms with Crippen LogP contribution in [0.25, 0.3) is 16.8 Å². The topological polar surface area (TPSA) is 57.9 Å². The fourth-order valence-electron chi connectivity index (χ4n) is 2.27. The second kappa shape index (κ2) is 8.24. The van der Waals surface area contributed by atoms with Gasteiger partial charge in [0.1, 0.15) is 22.4 Å². The average molecular weight is 402 g/mol. The van der Waals surface area contributed by atoms with Crippen molar-refractivity contribution in [1.82, 2.24) is 4.98 Å². The lowest BCUT2D eigenvalue weighted by atomic mass is 10.2. The van der Waals surface area contributed by atoms with Gasteiger partial charge in [0.25, 0.3) is 0 Å². The third-order valence-corrected chi connectivity index (χ3v) is 4.96. The second-order valence-electron chi connectivity index (χ2n) is 5.18. The van der Waals surface area contributed by atoms with Crippen molar-refractivity contribution in [3.05, 3.63) is 69.1 Å². The van der Waals surface area contributed by atoms with E-state index in [0.717, 1.165) is 11.3 Å². The van der Waals surface area contributed by atoms with Crippen LogP contribution in [0.3, 0.4) is 0 Å². The zero-order valence-electron chi connectivity index (χ0n) is 13.7. The van der Waals surface area contributed by atoms with Gasteiger partial charge in [-0.25, -0.2) is 4.98 Å². The average Bonchev–Trinajstić information content (AvgIpc) is 3.12. The molecule has 0 fully saturated rings. The van der Waals surface area contributed by atoms with Gasteiger partial charge in [0, 0.05) is 22.2 Å². The highest BCUT2D eigenvalue weighted by Gasteiger charge is 2.12. The van der Waals surface area contributed by atoms with Gasteiger partial charge in [0.05, 0.1) is 23.5 Å². The van der Waals surface area contributed by atoms with Crippen LogP contribution in [0.4, 0.5) is 5.69 Å². The molecule has 1 heterocycles. The fourth-order valence-corrected chi connectivity index (χ4v) is 3.56. The summed E-state index contributed by atoms with van der Waals surface area (Å²) in [5, 5.41) is 16.1. The van der Waals surface area contributed by atoms with E-state index in [-0.39, 0.29) is 0 Å². The number of hydrogen-bond donors (Lipinski definition) is 1. The second-order valence-corrected chi connectivity index (χ2v) is 6.88. The van der Waals surface area contributed by atoms with Crippen LogP contribution >= 0.6 is 34.5 Å². The minimum absolute atomic E-state index is 0.414. The van der Waals surface area contributed by atoms with Gasteiger partial charge in [0.15, 0.2) is 0 Å². The molecule has 3 rings (SSSR count). The summed E-state index contributed by atoms with van der Waals surface area (Å²) in [4.78, 5) is 4.53. The summed E-state index contributed by atoms with van der Waals surface area (Å²) >= 11 is 13.5. The molecule has 0 saturated heterocycles. The third kappa shape index (κ3) is 4.00. The Morgan fingerprint density at radius 2 is 2.08 bits per heavy atom. The highest BCUT2D eigenvalue weighted by molar-refractivity contribution is 7.11. The molecule has 1 N–H and O–H groups in total. The van der Waals surface area contributed by atoms with E-state index >= 15 is 0 Å². The van der Waals surface area contributed by atoms with Crippen molar-refractivity contribution in [1.29, 1.82) is 5.26 Å². The van der Waals surface area contributed by atoms with Gasteiger partial charge in [-0.05, 0) is 30.3 Å². The van der Waals surface area contributed by atoms with Gasteiger partial charge in [-0.15, -0.1) is 11.3 Å². The normalized spacial score (nSPS) is 11.1. The summed E-state index contributed by atoms with van der Waals surface area (Å²) in [5.41, 5.74) is 2.65. The number of ether oxygens (including phenoxy) is 1. The molecule has 0 spiro atoms. The maximum absolute atomic E-state index is 9.49. The van der Waals surface area contributed by atoms with E-state index in [0.29, 0.717) is 32.1 Å². The Labute approximate surface area is 165 Å². The van der Waals surface area contributed by atoms with Crippen molar-refractivity contribution in [2.45, 2.75) is 0 Å². The molecule has 130 valence electrons. The summed E-state index contributed by atoms with van der Waals surface area (Å²) in [6.07, 6.45) is 1.62. The van der Waals surface area contributed by atoms with Crippen LogP contribution in [0.1, 0.15) is 5.01 Å². The molecule has 2 aromatic carbocycles. The Bertz CT molecular complexity index is 1010. The summed E-state index contributed by atoms with van der Waals surface area (Å²) in [6.45, 7) is 0. The number of anilines is 1. The van der Waals surface area contributed by atoms with Gasteiger partial charge in [0.2, 0.25) is 0 Å². The number of nitrogens with zero attached hydrogens (tertiary/aromatic N) is 2. The molecule has 0 amide bonds. The fraction of sp³-hybridized carbons (Fsp3) is 0.0526. The molecule has 0 saturated carbocycles. The Balaban J connectivity index is 1.87. The highest BCUT2D eigenvalue weighted by atomic mass is 35.5. The molecule has 0 aliphatic rings. The van der Waals surface area contributed by atoms with Gasteiger partial charge in [-0.3, -0.25) is 0 Å². The largest absolute Gasteiger partial charge is 0.495 e. The number of halogens is 2. The zero-order valence-corrected chi connectivity index (χ0v) is 16.0. The number of benzene rings is 2. The van der Waals surface area contributed by atoms with E-state index in [9.17, 15) is 5.26 Å². The summed E-state index contributed by atoms with van der Waals surface area (Å²) in [6, 6.07) is 14.9. The van der Waals surface area contributed by atoms with Gasteiger partial charge >= 0.3 is 0 Å². The van der Waals surface area contributed by atoms with Crippen molar-refractivity contribution in [2.24, 2.45) is 0 Å². The van der Waals surface area contributed by atoms with Crippen molar-refractivity contribution in [3.8, 4) is 23.1 Å².